The summed E-state index contributed by atoms with van der Waals surface area (Å²) in [5, 5.41) is 0. The van der Waals surface area contributed by atoms with Crippen molar-refractivity contribution in [1.82, 2.24) is 0 Å². The Kier molecular flexibility index (Phi) is 14.5. The van der Waals surface area contributed by atoms with Crippen LogP contribution in [0, 0.1) is 0 Å². The van der Waals surface area contributed by atoms with Crippen LogP contribution in [0.2, 0.25) is 0 Å². The predicted molar refractivity (Wildman–Crippen MR) is 92.2 cm³/mol. The van der Waals surface area contributed by atoms with Crippen LogP contribution in [0.25, 0.3) is 0 Å². The average molecular weight is 370 g/mol. The zero-order chi connectivity index (χ0) is 19.6. The summed E-state index contributed by atoms with van der Waals surface area (Å²) in [7, 11) is 0. The Bertz CT molecular complexity index is 484. The van der Waals surface area contributed by atoms with Crippen molar-refractivity contribution in [2.45, 2.75) is 32.1 Å². The van der Waals surface area contributed by atoms with Gasteiger partial charge in [-0.1, -0.05) is 13.2 Å². The van der Waals surface area contributed by atoms with E-state index in [9.17, 15) is 19.2 Å². The number of rotatable bonds is 16. The van der Waals surface area contributed by atoms with E-state index in [1.807, 2.05) is 0 Å². The highest BCUT2D eigenvalue weighted by Gasteiger charge is 2.15. The van der Waals surface area contributed by atoms with Crippen molar-refractivity contribution in [2.75, 3.05) is 33.0 Å². The van der Waals surface area contributed by atoms with Crippen molar-refractivity contribution in [3.8, 4) is 0 Å². The highest BCUT2D eigenvalue weighted by Crippen LogP contribution is 1.98. The van der Waals surface area contributed by atoms with E-state index in [4.69, 9.17) is 18.9 Å². The minimum absolute atomic E-state index is 0.0691. The van der Waals surface area contributed by atoms with E-state index in [2.05, 4.69) is 13.2 Å². The molecule has 0 saturated carbocycles. The van der Waals surface area contributed by atoms with E-state index in [1.54, 1.807) is 0 Å². The van der Waals surface area contributed by atoms with Crippen molar-refractivity contribution in [3.63, 3.8) is 0 Å². The van der Waals surface area contributed by atoms with Gasteiger partial charge in [0, 0.05) is 18.8 Å². The Morgan fingerprint density at radius 2 is 1.12 bits per heavy atom. The van der Waals surface area contributed by atoms with Crippen molar-refractivity contribution in [1.29, 1.82) is 0 Å². The summed E-state index contributed by atoms with van der Waals surface area (Å²) in [6, 6.07) is 0. The molecular formula is C18H26O8. The normalized spacial score (nSPS) is 9.85. The van der Waals surface area contributed by atoms with Gasteiger partial charge in [-0.3, -0.25) is 4.79 Å². The number of esters is 3. The molecule has 146 valence electrons. The molecule has 0 aliphatic rings. The predicted octanol–water partition coefficient (Wildman–Crippen LogP) is 1.52. The van der Waals surface area contributed by atoms with Gasteiger partial charge in [-0.2, -0.15) is 0 Å². The molecule has 0 radical (unpaired) electrons. The van der Waals surface area contributed by atoms with Crippen molar-refractivity contribution >= 4 is 23.7 Å². The van der Waals surface area contributed by atoms with Gasteiger partial charge in [-0.05, 0) is 32.1 Å². The molecule has 0 unspecified atom stereocenters. The van der Waals surface area contributed by atoms with E-state index in [0.29, 0.717) is 38.9 Å². The van der Waals surface area contributed by atoms with Crippen molar-refractivity contribution < 1.29 is 38.1 Å². The quantitative estimate of drug-likeness (QED) is 0.132. The van der Waals surface area contributed by atoms with Crippen LogP contribution >= 0.6 is 0 Å². The molecule has 0 aromatic carbocycles. The number of carbonyl (C=O) groups is 4. The molecule has 0 saturated heterocycles. The van der Waals surface area contributed by atoms with Crippen LogP contribution in [0.4, 0.5) is 0 Å². The maximum atomic E-state index is 11.5. The Labute approximate surface area is 153 Å². The lowest BCUT2D eigenvalue weighted by molar-refractivity contribution is -0.156. The fourth-order valence-corrected chi connectivity index (χ4v) is 1.62. The Morgan fingerprint density at radius 1 is 0.654 bits per heavy atom. The number of unbranched alkanes of at least 4 members (excludes halogenated alkanes) is 3. The third-order valence-corrected chi connectivity index (χ3v) is 2.99. The lowest BCUT2D eigenvalue weighted by Gasteiger charge is -2.06. The highest BCUT2D eigenvalue weighted by molar-refractivity contribution is 6.34. The molecule has 0 spiro atoms. The van der Waals surface area contributed by atoms with Gasteiger partial charge in [0.15, 0.2) is 0 Å². The molecular weight excluding hydrogens is 344 g/mol. The highest BCUT2D eigenvalue weighted by atomic mass is 16.5. The smallest absolute Gasteiger partial charge is 0.377 e. The lowest BCUT2D eigenvalue weighted by Crippen LogP contribution is -2.23. The van der Waals surface area contributed by atoms with Gasteiger partial charge in [0.05, 0.1) is 19.8 Å². The summed E-state index contributed by atoms with van der Waals surface area (Å²) in [6.07, 6.45) is 5.28. The second-order valence-electron chi connectivity index (χ2n) is 5.12. The van der Waals surface area contributed by atoms with Crippen molar-refractivity contribution in [2.24, 2.45) is 0 Å². The van der Waals surface area contributed by atoms with Crippen molar-refractivity contribution in [3.05, 3.63) is 25.3 Å². The number of hydrogen-bond acceptors (Lipinski definition) is 8. The lowest BCUT2D eigenvalue weighted by atomic mass is 10.2. The van der Waals surface area contributed by atoms with Crippen LogP contribution in [0.1, 0.15) is 32.1 Å². The number of carbonyl (C=O) groups excluding carboxylic acids is 4. The molecule has 0 fully saturated rings. The standard InChI is InChI=1S/C18H26O8/c1-3-16(20)24-11-7-5-6-10-23-14-15(19)18(22)26-13-9-8-12-25-17(21)4-2/h3-4H,1-2,5-14H2. The van der Waals surface area contributed by atoms with E-state index in [-0.39, 0.29) is 19.8 Å². The molecule has 0 aromatic heterocycles. The minimum Gasteiger partial charge on any atom is -0.463 e. The second-order valence-corrected chi connectivity index (χ2v) is 5.12. The maximum Gasteiger partial charge on any atom is 0.377 e. The monoisotopic (exact) mass is 370 g/mol. The molecule has 0 rings (SSSR count). The van der Waals surface area contributed by atoms with Gasteiger partial charge in [-0.25, -0.2) is 14.4 Å². The summed E-state index contributed by atoms with van der Waals surface area (Å²) >= 11 is 0. The van der Waals surface area contributed by atoms with Crippen LogP contribution in [0.5, 0.6) is 0 Å². The largest absolute Gasteiger partial charge is 0.463 e. The van der Waals surface area contributed by atoms with E-state index >= 15 is 0 Å². The molecule has 0 N–H and O–H groups in total. The Morgan fingerprint density at radius 3 is 1.65 bits per heavy atom. The summed E-state index contributed by atoms with van der Waals surface area (Å²) in [6.45, 7) is 7.12. The fourth-order valence-electron chi connectivity index (χ4n) is 1.62. The topological polar surface area (TPSA) is 105 Å². The van der Waals surface area contributed by atoms with Crippen LogP contribution in [0.15, 0.2) is 25.3 Å². The van der Waals surface area contributed by atoms with E-state index < -0.39 is 23.7 Å². The maximum absolute atomic E-state index is 11.5. The molecule has 8 nitrogen and oxygen atoms in total. The number of hydrogen-bond donors (Lipinski definition) is 0. The first-order chi connectivity index (χ1) is 12.5. The van der Waals surface area contributed by atoms with Gasteiger partial charge >= 0.3 is 17.9 Å². The Balaban J connectivity index is 3.49. The molecule has 0 aromatic rings. The first kappa shape index (κ1) is 23.5. The summed E-state index contributed by atoms with van der Waals surface area (Å²) in [5.74, 6) is -2.65. The third-order valence-electron chi connectivity index (χ3n) is 2.99. The molecule has 0 atom stereocenters. The van der Waals surface area contributed by atoms with Gasteiger partial charge in [0.2, 0.25) is 0 Å². The zero-order valence-electron chi connectivity index (χ0n) is 14.9. The molecule has 26 heavy (non-hydrogen) atoms. The Hall–Kier alpha value is -2.48. The second kappa shape index (κ2) is 16.0. The number of ether oxygens (including phenoxy) is 4. The van der Waals surface area contributed by atoms with Gasteiger partial charge < -0.3 is 18.9 Å². The summed E-state index contributed by atoms with van der Waals surface area (Å²) in [4.78, 5) is 44.5. The van der Waals surface area contributed by atoms with Gasteiger partial charge in [-0.15, -0.1) is 0 Å². The number of ketones is 1. The minimum atomic E-state index is -0.940. The summed E-state index contributed by atoms with van der Waals surface area (Å²) < 4.78 is 19.5. The molecule has 8 heteroatoms. The third kappa shape index (κ3) is 13.9. The molecule has 0 heterocycles. The molecule has 0 aliphatic carbocycles. The molecule has 0 bridgehead atoms. The molecule has 0 amide bonds. The summed E-state index contributed by atoms with van der Waals surface area (Å²) in [5.41, 5.74) is 0. The fraction of sp³-hybridized carbons (Fsp3) is 0.556. The van der Waals surface area contributed by atoms with Crippen LogP contribution in [-0.4, -0.2) is 56.7 Å². The first-order valence-corrected chi connectivity index (χ1v) is 8.37. The van der Waals surface area contributed by atoms with E-state index in [0.717, 1.165) is 18.6 Å². The molecule has 0 aliphatic heterocycles. The van der Waals surface area contributed by atoms with Gasteiger partial charge in [0.25, 0.3) is 5.78 Å². The van der Waals surface area contributed by atoms with Gasteiger partial charge in [0.1, 0.15) is 6.61 Å². The van der Waals surface area contributed by atoms with Crippen LogP contribution in [0.3, 0.4) is 0 Å². The van der Waals surface area contributed by atoms with Crippen LogP contribution in [-0.2, 0) is 38.1 Å². The number of Topliss-reactive ketones (excluding diaryl/α,β-unsaturated/α-hetero) is 1. The average Bonchev–Trinajstić information content (AvgIpc) is 2.65. The van der Waals surface area contributed by atoms with E-state index in [1.165, 1.54) is 0 Å². The zero-order valence-corrected chi connectivity index (χ0v) is 14.9. The van der Waals surface area contributed by atoms with Crippen LogP contribution < -0.4 is 0 Å². The SMILES string of the molecule is C=CC(=O)OCCCCCOCC(=O)C(=O)OCCCCOC(=O)C=C. The first-order valence-electron chi connectivity index (χ1n) is 8.37.